The Kier molecular flexibility index (Phi) is 2.00. The molecule has 0 amide bonds. The van der Waals surface area contributed by atoms with Gasteiger partial charge in [0, 0.05) is 5.02 Å². The van der Waals surface area contributed by atoms with E-state index >= 15 is 0 Å². The van der Waals surface area contributed by atoms with Crippen LogP contribution in [-0.4, -0.2) is 0 Å². The Morgan fingerprint density at radius 2 is 1.38 bits per heavy atom. The molecule has 2 rings (SSSR count). The molecular weight excluding hydrogens is 180 g/mol. The maximum atomic E-state index is 7.37. The lowest BCUT2D eigenvalue weighted by molar-refractivity contribution is 1.62. The molecule has 0 fully saturated rings. The monoisotopic (exact) mass is 189 g/mol. The highest BCUT2D eigenvalue weighted by Gasteiger charge is 1.94. The van der Waals surface area contributed by atoms with E-state index in [2.05, 4.69) is 0 Å². The van der Waals surface area contributed by atoms with Crippen molar-refractivity contribution in [3.05, 3.63) is 59.6 Å². The summed E-state index contributed by atoms with van der Waals surface area (Å²) in [6.45, 7) is 0. The predicted molar refractivity (Wildman–Crippen MR) is 56.9 cm³/mol. The van der Waals surface area contributed by atoms with Gasteiger partial charge < -0.3 is 0 Å². The third-order valence-corrected chi connectivity index (χ3v) is 2.15. The fourth-order valence-electron chi connectivity index (χ4n) is 1.22. The number of hydrogen-bond acceptors (Lipinski definition) is 0. The van der Waals surface area contributed by atoms with Gasteiger partial charge in [-0.1, -0.05) is 54.0 Å². The van der Waals surface area contributed by atoms with Crippen LogP contribution in [0, 0.1) is 0 Å². The van der Waals surface area contributed by atoms with E-state index in [4.69, 9.17) is 13.0 Å². The summed E-state index contributed by atoms with van der Waals surface area (Å²) >= 11 is 5.79. The lowest BCUT2D eigenvalue weighted by atomic mass is 10.1. The summed E-state index contributed by atoms with van der Waals surface area (Å²) in [5.41, 5.74) is 2.23. The van der Waals surface area contributed by atoms with Gasteiger partial charge in [-0.05, 0) is 23.3 Å². The smallest absolute Gasteiger partial charge is 0.0623 e. The Morgan fingerprint density at radius 1 is 0.846 bits per heavy atom. The van der Waals surface area contributed by atoms with Gasteiger partial charge in [0.25, 0.3) is 0 Å². The van der Waals surface area contributed by atoms with Crippen LogP contribution in [-0.2, 0) is 0 Å². The highest BCUT2D eigenvalue weighted by atomic mass is 35.5. The first kappa shape index (κ1) is 7.16. The predicted octanol–water partition coefficient (Wildman–Crippen LogP) is 4.01. The number of rotatable bonds is 1. The van der Waals surface area contributed by atoms with Gasteiger partial charge >= 0.3 is 0 Å². The van der Waals surface area contributed by atoms with Gasteiger partial charge in [0.1, 0.15) is 0 Å². The molecule has 13 heavy (non-hydrogen) atoms. The summed E-state index contributed by atoms with van der Waals surface area (Å²) in [5, 5.41) is 0.742. The molecular formula is C12H9Cl. The maximum Gasteiger partial charge on any atom is 0.0623 e. The zero-order valence-electron chi connectivity index (χ0n) is 8.00. The fraction of sp³-hybridized carbons (Fsp3) is 0. The van der Waals surface area contributed by atoms with E-state index in [9.17, 15) is 0 Å². The Hall–Kier alpha value is -1.27. The number of benzene rings is 2. The van der Waals surface area contributed by atoms with Gasteiger partial charge in [0.2, 0.25) is 0 Å². The molecule has 0 atom stereocenters. The second-order valence-electron chi connectivity index (χ2n) is 2.80. The minimum absolute atomic E-state index is 0.530. The molecule has 0 nitrogen and oxygen atoms in total. The average Bonchev–Trinajstić information content (AvgIpc) is 2.21. The number of halogens is 1. The van der Waals surface area contributed by atoms with Crippen molar-refractivity contribution in [1.82, 2.24) is 0 Å². The molecule has 0 bridgehead atoms. The van der Waals surface area contributed by atoms with Crippen molar-refractivity contribution in [2.24, 2.45) is 0 Å². The molecule has 1 heteroatoms. The summed E-state index contributed by atoms with van der Waals surface area (Å²) in [6.07, 6.45) is 0. The summed E-state index contributed by atoms with van der Waals surface area (Å²) in [6, 6.07) is 15.6. The number of hydrogen-bond donors (Lipinski definition) is 0. The van der Waals surface area contributed by atoms with E-state index in [1.165, 1.54) is 0 Å². The van der Waals surface area contributed by atoms with Crippen LogP contribution in [0.15, 0.2) is 54.6 Å². The van der Waals surface area contributed by atoms with Crippen LogP contribution in [0.1, 0.15) is 1.37 Å². The molecule has 0 aromatic heterocycles. The van der Waals surface area contributed by atoms with Crippen LogP contribution >= 0.6 is 11.6 Å². The highest BCUT2D eigenvalue weighted by Crippen LogP contribution is 2.20. The summed E-state index contributed by atoms with van der Waals surface area (Å²) in [7, 11) is 0. The molecule has 0 aliphatic rings. The molecule has 0 aliphatic carbocycles. The molecule has 0 saturated carbocycles. The minimum atomic E-state index is 0.530. The first-order chi connectivity index (χ1) is 6.75. The molecule has 0 spiro atoms. The summed E-state index contributed by atoms with van der Waals surface area (Å²) in [4.78, 5) is 0. The molecule has 0 heterocycles. The molecule has 0 unspecified atom stereocenters. The van der Waals surface area contributed by atoms with Gasteiger partial charge in [0.05, 0.1) is 1.37 Å². The van der Waals surface area contributed by atoms with Crippen molar-refractivity contribution in [2.45, 2.75) is 0 Å². The largest absolute Gasteiger partial charge is 0.0843 e. The van der Waals surface area contributed by atoms with Gasteiger partial charge in [-0.25, -0.2) is 0 Å². The summed E-state index contributed by atoms with van der Waals surface area (Å²) < 4.78 is 7.37. The molecule has 2 aromatic carbocycles. The molecule has 0 saturated heterocycles. The van der Waals surface area contributed by atoms with Crippen LogP contribution < -0.4 is 0 Å². The molecule has 64 valence electrons. The van der Waals surface area contributed by atoms with Crippen LogP contribution in [0.25, 0.3) is 11.1 Å². The van der Waals surface area contributed by atoms with Gasteiger partial charge in [-0.15, -0.1) is 0 Å². The third-order valence-electron chi connectivity index (χ3n) is 1.90. The summed E-state index contributed by atoms with van der Waals surface area (Å²) in [5.74, 6) is 0. The van der Waals surface area contributed by atoms with E-state index < -0.39 is 0 Å². The molecule has 0 N–H and O–H groups in total. The SMILES string of the molecule is [2H]c1ccc(-c2ccc(Cl)cc2)cc1. The maximum absolute atomic E-state index is 7.37. The Labute approximate surface area is 84.2 Å². The zero-order valence-corrected chi connectivity index (χ0v) is 7.75. The van der Waals surface area contributed by atoms with Crippen molar-refractivity contribution in [2.75, 3.05) is 0 Å². The molecule has 0 radical (unpaired) electrons. The van der Waals surface area contributed by atoms with Crippen LogP contribution in [0.2, 0.25) is 5.02 Å². The standard InChI is InChI=1S/C12H9Cl/c13-12-8-6-11(7-9-12)10-4-2-1-3-5-10/h1-9H/i1D. The second kappa shape index (κ2) is 3.63. The van der Waals surface area contributed by atoms with Crippen molar-refractivity contribution in [1.29, 1.82) is 0 Å². The lowest BCUT2D eigenvalue weighted by Crippen LogP contribution is -1.74. The van der Waals surface area contributed by atoms with Gasteiger partial charge in [0.15, 0.2) is 0 Å². The molecule has 0 aliphatic heterocycles. The van der Waals surface area contributed by atoms with Crippen LogP contribution in [0.5, 0.6) is 0 Å². The van der Waals surface area contributed by atoms with Gasteiger partial charge in [-0.3, -0.25) is 0 Å². The van der Waals surface area contributed by atoms with Gasteiger partial charge in [-0.2, -0.15) is 0 Å². The first-order valence-corrected chi connectivity index (χ1v) is 4.46. The first-order valence-electron chi connectivity index (χ1n) is 4.58. The van der Waals surface area contributed by atoms with Crippen LogP contribution in [0.4, 0.5) is 0 Å². The van der Waals surface area contributed by atoms with E-state index in [-0.39, 0.29) is 0 Å². The topological polar surface area (TPSA) is 0 Å². The van der Waals surface area contributed by atoms with Crippen LogP contribution in [0.3, 0.4) is 0 Å². The zero-order chi connectivity index (χ0) is 9.97. The van der Waals surface area contributed by atoms with Crippen molar-refractivity contribution < 1.29 is 1.37 Å². The lowest BCUT2D eigenvalue weighted by Gasteiger charge is -2.00. The van der Waals surface area contributed by atoms with E-state index in [1.54, 1.807) is 12.1 Å². The molecule has 2 aromatic rings. The second-order valence-corrected chi connectivity index (χ2v) is 3.23. The highest BCUT2D eigenvalue weighted by molar-refractivity contribution is 6.30. The van der Waals surface area contributed by atoms with Crippen molar-refractivity contribution in [3.63, 3.8) is 0 Å². The Morgan fingerprint density at radius 3 is 2.00 bits per heavy atom. The van der Waals surface area contributed by atoms with E-state index in [0.29, 0.717) is 6.04 Å². The Bertz CT molecular complexity index is 374. The average molecular weight is 190 g/mol. The normalized spacial score (nSPS) is 11.0. The minimum Gasteiger partial charge on any atom is -0.0843 e. The fourth-order valence-corrected chi connectivity index (χ4v) is 1.35. The van der Waals surface area contributed by atoms with Crippen molar-refractivity contribution >= 4 is 11.6 Å². The van der Waals surface area contributed by atoms with Crippen molar-refractivity contribution in [3.8, 4) is 11.1 Å². The van der Waals surface area contributed by atoms with E-state index in [1.807, 2.05) is 36.4 Å². The Balaban J connectivity index is 2.40. The third kappa shape index (κ3) is 1.90. The quantitative estimate of drug-likeness (QED) is 0.636. The van der Waals surface area contributed by atoms with E-state index in [0.717, 1.165) is 16.1 Å².